The van der Waals surface area contributed by atoms with E-state index in [1.807, 2.05) is 77.7 Å². The summed E-state index contributed by atoms with van der Waals surface area (Å²) in [6.07, 6.45) is 1.67. The molecule has 52 heavy (non-hydrogen) atoms. The van der Waals surface area contributed by atoms with Crippen LogP contribution in [0, 0.1) is 17.1 Å². The van der Waals surface area contributed by atoms with Crippen LogP contribution in [0.4, 0.5) is 15.0 Å². The Labute approximate surface area is 302 Å². The number of nitrogens with zero attached hydrogens (tertiary/aromatic N) is 6. The molecule has 0 aliphatic carbocycles. The number of benzene rings is 4. The first-order chi connectivity index (χ1) is 25.4. The molecule has 0 N–H and O–H groups in total. The molecular formula is C40H41FN6O5. The Bertz CT molecular complexity index is 2090. The molecular weight excluding hydrogens is 663 g/mol. The summed E-state index contributed by atoms with van der Waals surface area (Å²) in [7, 11) is 3.61. The molecule has 0 spiro atoms. The van der Waals surface area contributed by atoms with Crippen LogP contribution in [0.2, 0.25) is 0 Å². The van der Waals surface area contributed by atoms with Gasteiger partial charge in [0, 0.05) is 43.7 Å². The number of ether oxygens (including phenoxy) is 4. The molecule has 2 atom stereocenters. The summed E-state index contributed by atoms with van der Waals surface area (Å²) in [6, 6.07) is 26.5. The average molecular weight is 705 g/mol. The van der Waals surface area contributed by atoms with Crippen molar-refractivity contribution in [3.8, 4) is 29.0 Å². The fourth-order valence-electron chi connectivity index (χ4n) is 7.09. The molecule has 4 aromatic carbocycles. The van der Waals surface area contributed by atoms with E-state index in [2.05, 4.69) is 23.0 Å². The second-order valence-electron chi connectivity index (χ2n) is 13.2. The molecule has 2 saturated heterocycles. The summed E-state index contributed by atoms with van der Waals surface area (Å²) >= 11 is 0. The summed E-state index contributed by atoms with van der Waals surface area (Å²) in [5, 5.41) is 12.0. The van der Waals surface area contributed by atoms with Crippen molar-refractivity contribution in [3.05, 3.63) is 90.2 Å². The van der Waals surface area contributed by atoms with Crippen molar-refractivity contribution in [1.82, 2.24) is 19.8 Å². The molecule has 1 amide bonds. The summed E-state index contributed by atoms with van der Waals surface area (Å²) in [5.74, 6) is 0.508. The largest absolute Gasteiger partial charge is 0.468 e. The van der Waals surface area contributed by atoms with Gasteiger partial charge in [-0.1, -0.05) is 60.7 Å². The quantitative estimate of drug-likeness (QED) is 0.136. The Morgan fingerprint density at radius 1 is 0.942 bits per heavy atom. The smallest absolute Gasteiger partial charge is 0.410 e. The molecule has 0 bridgehead atoms. The Balaban J connectivity index is 1.25. The standard InChI is InChI=1S/C40H41FN6O5/c1-45-18-8-12-30(45)25-50-39-43-37-34(15-14-33(36(37)41)35-22-31(52-26-49-2)21-28-11-6-7-13-32(28)35)38(44-39)46-19-20-47(29(23-46)16-17-42)40(48)51-24-27-9-4-3-5-10-27/h3-7,9-11,13-15,21-22,29-30H,8,12,16,18-20,23-26H2,1-2H3/t29-,30-/m0/s1. The topological polar surface area (TPSA) is 113 Å². The lowest BCUT2D eigenvalue weighted by molar-refractivity contribution is 0.0512. The fraction of sp³-hybridized carbons (Fsp3) is 0.350. The SMILES string of the molecule is COCOc1cc(-c2ccc3c(N4CCN(C(=O)OCc5ccccc5)[C@@H](CC#N)C4)nc(OC[C@@H]4CCCN4C)nc3c2F)c2ccccc2c1. The van der Waals surface area contributed by atoms with Gasteiger partial charge in [-0.25, -0.2) is 9.18 Å². The molecule has 3 heterocycles. The zero-order chi connectivity index (χ0) is 36.0. The zero-order valence-corrected chi connectivity index (χ0v) is 29.3. The minimum atomic E-state index is -0.519. The van der Waals surface area contributed by atoms with Crippen LogP contribution in [-0.4, -0.2) is 91.7 Å². The maximum atomic E-state index is 17.0. The van der Waals surface area contributed by atoms with E-state index < -0.39 is 18.0 Å². The van der Waals surface area contributed by atoms with Crippen LogP contribution in [-0.2, 0) is 16.1 Å². The van der Waals surface area contributed by atoms with Crippen molar-refractivity contribution in [1.29, 1.82) is 5.26 Å². The molecule has 2 aliphatic rings. The number of carbonyl (C=O) groups excluding carboxylic acids is 1. The highest BCUT2D eigenvalue weighted by Gasteiger charge is 2.34. The van der Waals surface area contributed by atoms with Gasteiger partial charge in [0.05, 0.1) is 18.5 Å². The molecule has 0 saturated carbocycles. The summed E-state index contributed by atoms with van der Waals surface area (Å²) in [4.78, 5) is 28.6. The van der Waals surface area contributed by atoms with E-state index in [-0.39, 0.29) is 50.5 Å². The van der Waals surface area contributed by atoms with Crippen molar-refractivity contribution >= 4 is 33.6 Å². The first-order valence-electron chi connectivity index (χ1n) is 17.5. The molecule has 2 fully saturated rings. The predicted octanol–water partition coefficient (Wildman–Crippen LogP) is 6.79. The highest BCUT2D eigenvalue weighted by atomic mass is 19.1. The fourth-order valence-corrected chi connectivity index (χ4v) is 7.09. The molecule has 7 rings (SSSR count). The third kappa shape index (κ3) is 7.42. The number of hydrogen-bond donors (Lipinski definition) is 0. The Kier molecular flexibility index (Phi) is 10.6. The molecule has 1 aromatic heterocycles. The summed E-state index contributed by atoms with van der Waals surface area (Å²) in [5.41, 5.74) is 1.99. The number of halogens is 1. The van der Waals surface area contributed by atoms with E-state index in [1.54, 1.807) is 18.1 Å². The second kappa shape index (κ2) is 15.8. The number of fused-ring (bicyclic) bond motifs is 2. The Hall–Kier alpha value is -5.51. The number of carbonyl (C=O) groups is 1. The minimum Gasteiger partial charge on any atom is -0.468 e. The average Bonchev–Trinajstić information content (AvgIpc) is 3.59. The maximum absolute atomic E-state index is 17.0. The van der Waals surface area contributed by atoms with Crippen molar-refractivity contribution in [2.75, 3.05) is 58.6 Å². The van der Waals surface area contributed by atoms with Gasteiger partial charge >= 0.3 is 12.1 Å². The number of piperazine rings is 1. The van der Waals surface area contributed by atoms with Crippen molar-refractivity contribution < 1.29 is 28.1 Å². The van der Waals surface area contributed by atoms with Crippen LogP contribution in [0.1, 0.15) is 24.8 Å². The van der Waals surface area contributed by atoms with Gasteiger partial charge in [-0.15, -0.1) is 0 Å². The van der Waals surface area contributed by atoms with Crippen molar-refractivity contribution in [3.63, 3.8) is 0 Å². The van der Waals surface area contributed by atoms with Gasteiger partial charge in [0.25, 0.3) is 0 Å². The lowest BCUT2D eigenvalue weighted by Crippen LogP contribution is -2.55. The molecule has 0 unspecified atom stereocenters. The maximum Gasteiger partial charge on any atom is 0.410 e. The van der Waals surface area contributed by atoms with Crippen LogP contribution in [0.5, 0.6) is 11.8 Å². The van der Waals surface area contributed by atoms with E-state index in [0.717, 1.165) is 35.7 Å². The van der Waals surface area contributed by atoms with Gasteiger partial charge in [-0.05, 0) is 66.5 Å². The van der Waals surface area contributed by atoms with Gasteiger partial charge in [-0.2, -0.15) is 15.2 Å². The van der Waals surface area contributed by atoms with Gasteiger partial charge < -0.3 is 33.6 Å². The number of methoxy groups -OCH3 is 1. The first kappa shape index (κ1) is 34.9. The highest BCUT2D eigenvalue weighted by Crippen LogP contribution is 2.39. The van der Waals surface area contributed by atoms with Crippen LogP contribution in [0.15, 0.2) is 78.9 Å². The minimum absolute atomic E-state index is 0.0518. The van der Waals surface area contributed by atoms with Gasteiger partial charge in [0.1, 0.15) is 30.3 Å². The van der Waals surface area contributed by atoms with E-state index in [9.17, 15) is 10.1 Å². The van der Waals surface area contributed by atoms with Gasteiger partial charge in [0.2, 0.25) is 0 Å². The van der Waals surface area contributed by atoms with Gasteiger partial charge in [0.15, 0.2) is 12.6 Å². The van der Waals surface area contributed by atoms with Gasteiger partial charge in [-0.3, -0.25) is 0 Å². The van der Waals surface area contributed by atoms with Crippen LogP contribution < -0.4 is 14.4 Å². The number of anilines is 1. The highest BCUT2D eigenvalue weighted by molar-refractivity contribution is 6.01. The number of rotatable bonds is 11. The summed E-state index contributed by atoms with van der Waals surface area (Å²) in [6.45, 7) is 2.49. The Morgan fingerprint density at radius 3 is 2.56 bits per heavy atom. The molecule has 2 aliphatic heterocycles. The number of amides is 1. The van der Waals surface area contributed by atoms with E-state index in [1.165, 1.54) is 0 Å². The number of likely N-dealkylation sites (tertiary alicyclic amines) is 1. The molecule has 268 valence electrons. The monoisotopic (exact) mass is 704 g/mol. The van der Waals surface area contributed by atoms with Crippen LogP contribution in [0.25, 0.3) is 32.8 Å². The second-order valence-corrected chi connectivity index (χ2v) is 13.2. The zero-order valence-electron chi connectivity index (χ0n) is 29.3. The first-order valence-corrected chi connectivity index (χ1v) is 17.5. The normalized spacial score (nSPS) is 17.7. The molecule has 11 nitrogen and oxygen atoms in total. The summed E-state index contributed by atoms with van der Waals surface area (Å²) < 4.78 is 39.8. The lowest BCUT2D eigenvalue weighted by Gasteiger charge is -2.40. The molecule has 12 heteroatoms. The van der Waals surface area contributed by atoms with E-state index in [0.29, 0.717) is 41.2 Å². The van der Waals surface area contributed by atoms with E-state index >= 15 is 4.39 Å². The van der Waals surface area contributed by atoms with Crippen LogP contribution >= 0.6 is 0 Å². The predicted molar refractivity (Wildman–Crippen MR) is 196 cm³/mol. The van der Waals surface area contributed by atoms with Crippen molar-refractivity contribution in [2.45, 2.75) is 38.0 Å². The third-order valence-corrected chi connectivity index (χ3v) is 9.86. The number of nitriles is 1. The Morgan fingerprint density at radius 2 is 1.77 bits per heavy atom. The molecule has 0 radical (unpaired) electrons. The third-order valence-electron chi connectivity index (χ3n) is 9.86. The number of likely N-dealkylation sites (N-methyl/N-ethyl adjacent to an activating group) is 1. The molecule has 5 aromatic rings. The van der Waals surface area contributed by atoms with E-state index in [4.69, 9.17) is 23.9 Å². The lowest BCUT2D eigenvalue weighted by atomic mass is 9.96. The number of hydrogen-bond acceptors (Lipinski definition) is 10. The van der Waals surface area contributed by atoms with Crippen LogP contribution in [0.3, 0.4) is 0 Å². The number of aromatic nitrogens is 2. The van der Waals surface area contributed by atoms with Crippen molar-refractivity contribution in [2.24, 2.45) is 0 Å².